The van der Waals surface area contributed by atoms with Crippen LogP contribution in [0.5, 0.6) is 17.5 Å². The van der Waals surface area contributed by atoms with Gasteiger partial charge in [-0.25, -0.2) is 0 Å². The first kappa shape index (κ1) is 12.2. The summed E-state index contributed by atoms with van der Waals surface area (Å²) in [6.45, 7) is 0. The molecule has 100 valence electrons. The van der Waals surface area contributed by atoms with E-state index in [1.165, 1.54) is 0 Å². The Morgan fingerprint density at radius 2 is 1.80 bits per heavy atom. The maximum absolute atomic E-state index is 5.81. The summed E-state index contributed by atoms with van der Waals surface area (Å²) in [5.41, 5.74) is 7.74. The number of methoxy groups -OCH3 is 1. The van der Waals surface area contributed by atoms with Gasteiger partial charge in [-0.3, -0.25) is 0 Å². The van der Waals surface area contributed by atoms with Gasteiger partial charge in [0.25, 0.3) is 0 Å². The number of nitrogens with two attached hydrogens (primary N) is 1. The number of benzene rings is 2. The van der Waals surface area contributed by atoms with Crippen molar-refractivity contribution < 1.29 is 9.47 Å². The number of aromatic nitrogens is 3. The summed E-state index contributed by atoms with van der Waals surface area (Å²) >= 11 is 0. The Morgan fingerprint density at radius 1 is 1.00 bits per heavy atom. The number of ether oxygens (including phenoxy) is 2. The Balaban J connectivity index is 1.90. The van der Waals surface area contributed by atoms with Crippen molar-refractivity contribution in [1.82, 2.24) is 15.2 Å². The minimum atomic E-state index is 0.174. The number of nitrogens with zero attached hydrogens (tertiary/aromatic N) is 3. The van der Waals surface area contributed by atoms with E-state index in [-0.39, 0.29) is 6.01 Å². The monoisotopic (exact) mass is 268 g/mol. The van der Waals surface area contributed by atoms with Crippen LogP contribution in [0.15, 0.2) is 42.5 Å². The Labute approximate surface area is 115 Å². The number of para-hydroxylation sites is 1. The smallest absolute Gasteiger partial charge is 0.341 e. The van der Waals surface area contributed by atoms with E-state index in [0.29, 0.717) is 22.7 Å². The Morgan fingerprint density at radius 3 is 2.55 bits per heavy atom. The number of anilines is 1. The molecule has 0 aliphatic heterocycles. The second-order valence-corrected chi connectivity index (χ2v) is 4.09. The lowest BCUT2D eigenvalue weighted by molar-refractivity contribution is 0.412. The molecule has 0 atom stereocenters. The van der Waals surface area contributed by atoms with Crippen LogP contribution in [0.4, 0.5) is 5.69 Å². The number of hydrogen-bond acceptors (Lipinski definition) is 6. The molecule has 2 aromatic carbocycles. The number of rotatable bonds is 3. The molecule has 0 saturated carbocycles. The van der Waals surface area contributed by atoms with Gasteiger partial charge in [-0.1, -0.05) is 17.2 Å². The molecule has 0 aliphatic rings. The molecule has 6 nitrogen and oxygen atoms in total. The molecule has 0 bridgehead atoms. The first-order valence-corrected chi connectivity index (χ1v) is 5.97. The van der Waals surface area contributed by atoms with Crippen LogP contribution in [0.2, 0.25) is 0 Å². The van der Waals surface area contributed by atoms with E-state index in [1.807, 2.05) is 24.3 Å². The Kier molecular flexibility index (Phi) is 3.04. The third-order valence-corrected chi connectivity index (χ3v) is 2.75. The van der Waals surface area contributed by atoms with Crippen molar-refractivity contribution in [1.29, 1.82) is 0 Å². The van der Waals surface area contributed by atoms with Crippen molar-refractivity contribution in [2.75, 3.05) is 12.8 Å². The highest BCUT2D eigenvalue weighted by Gasteiger charge is 2.06. The largest absolute Gasteiger partial charge is 0.495 e. The van der Waals surface area contributed by atoms with E-state index in [9.17, 15) is 0 Å². The lowest BCUT2D eigenvalue weighted by Gasteiger charge is -2.07. The summed E-state index contributed by atoms with van der Waals surface area (Å²) in [6.07, 6.45) is 0. The fraction of sp³-hybridized carbons (Fsp3) is 0.0714. The highest BCUT2D eigenvalue weighted by atomic mass is 16.5. The molecule has 0 radical (unpaired) electrons. The standard InChI is InChI=1S/C14H12N4O2/c1-19-13-7-6-9(8-10(13)15)20-14-16-11-4-2-3-5-12(11)17-18-14/h2-8H,15H2,1H3. The molecule has 3 rings (SSSR count). The quantitative estimate of drug-likeness (QED) is 0.734. The van der Waals surface area contributed by atoms with Crippen molar-refractivity contribution in [3.8, 4) is 17.5 Å². The van der Waals surface area contributed by atoms with Gasteiger partial charge in [0.15, 0.2) is 0 Å². The highest BCUT2D eigenvalue weighted by Crippen LogP contribution is 2.28. The fourth-order valence-corrected chi connectivity index (χ4v) is 1.79. The van der Waals surface area contributed by atoms with E-state index >= 15 is 0 Å². The summed E-state index contributed by atoms with van der Waals surface area (Å²) < 4.78 is 10.6. The van der Waals surface area contributed by atoms with Crippen molar-refractivity contribution in [2.24, 2.45) is 0 Å². The first-order chi connectivity index (χ1) is 9.76. The zero-order valence-electron chi connectivity index (χ0n) is 10.8. The topological polar surface area (TPSA) is 83.2 Å². The second kappa shape index (κ2) is 5.00. The van der Waals surface area contributed by atoms with Crippen LogP contribution in [0.25, 0.3) is 11.0 Å². The highest BCUT2D eigenvalue weighted by molar-refractivity contribution is 5.73. The van der Waals surface area contributed by atoms with E-state index in [4.69, 9.17) is 15.2 Å². The van der Waals surface area contributed by atoms with Crippen LogP contribution in [0.1, 0.15) is 0 Å². The summed E-state index contributed by atoms with van der Waals surface area (Å²) in [7, 11) is 1.56. The number of fused-ring (bicyclic) bond motifs is 1. The molecule has 0 amide bonds. The zero-order chi connectivity index (χ0) is 13.9. The van der Waals surface area contributed by atoms with Gasteiger partial charge in [0.2, 0.25) is 0 Å². The maximum atomic E-state index is 5.81. The van der Waals surface area contributed by atoms with Gasteiger partial charge in [0.1, 0.15) is 17.0 Å². The molecule has 20 heavy (non-hydrogen) atoms. The molecule has 3 aromatic rings. The molecule has 1 heterocycles. The van der Waals surface area contributed by atoms with E-state index in [2.05, 4.69) is 15.2 Å². The van der Waals surface area contributed by atoms with Crippen LogP contribution in [-0.2, 0) is 0 Å². The van der Waals surface area contributed by atoms with E-state index in [0.717, 1.165) is 5.52 Å². The minimum absolute atomic E-state index is 0.174. The molecular weight excluding hydrogens is 256 g/mol. The van der Waals surface area contributed by atoms with Gasteiger partial charge in [0, 0.05) is 6.07 Å². The molecule has 0 fully saturated rings. The molecule has 2 N–H and O–H groups in total. The van der Waals surface area contributed by atoms with Gasteiger partial charge in [-0.05, 0) is 24.3 Å². The Hall–Kier alpha value is -2.89. The third kappa shape index (κ3) is 2.31. The van der Waals surface area contributed by atoms with Crippen LogP contribution in [-0.4, -0.2) is 22.3 Å². The van der Waals surface area contributed by atoms with E-state index in [1.54, 1.807) is 25.3 Å². The van der Waals surface area contributed by atoms with Crippen molar-refractivity contribution in [3.05, 3.63) is 42.5 Å². The molecule has 1 aromatic heterocycles. The zero-order valence-corrected chi connectivity index (χ0v) is 10.8. The molecule has 0 saturated heterocycles. The van der Waals surface area contributed by atoms with Gasteiger partial charge in [-0.15, -0.1) is 5.10 Å². The van der Waals surface area contributed by atoms with Gasteiger partial charge < -0.3 is 15.2 Å². The van der Waals surface area contributed by atoms with Crippen LogP contribution in [0, 0.1) is 0 Å². The molecule has 0 spiro atoms. The Bertz CT molecular complexity index is 761. The van der Waals surface area contributed by atoms with Gasteiger partial charge >= 0.3 is 6.01 Å². The summed E-state index contributed by atoms with van der Waals surface area (Å²) in [4.78, 5) is 4.27. The predicted molar refractivity (Wildman–Crippen MR) is 74.8 cm³/mol. The van der Waals surface area contributed by atoms with Crippen molar-refractivity contribution in [2.45, 2.75) is 0 Å². The molecule has 6 heteroatoms. The van der Waals surface area contributed by atoms with Gasteiger partial charge in [-0.2, -0.15) is 4.98 Å². The second-order valence-electron chi connectivity index (χ2n) is 4.09. The fourth-order valence-electron chi connectivity index (χ4n) is 1.79. The van der Waals surface area contributed by atoms with Crippen LogP contribution in [0.3, 0.4) is 0 Å². The average molecular weight is 268 g/mol. The molecule has 0 aliphatic carbocycles. The summed E-state index contributed by atoms with van der Waals surface area (Å²) in [5, 5.41) is 7.96. The summed E-state index contributed by atoms with van der Waals surface area (Å²) in [5.74, 6) is 1.12. The normalized spacial score (nSPS) is 10.4. The maximum Gasteiger partial charge on any atom is 0.341 e. The lowest BCUT2D eigenvalue weighted by Crippen LogP contribution is -1.97. The first-order valence-electron chi connectivity index (χ1n) is 5.97. The average Bonchev–Trinajstić information content (AvgIpc) is 2.47. The van der Waals surface area contributed by atoms with Crippen molar-refractivity contribution in [3.63, 3.8) is 0 Å². The van der Waals surface area contributed by atoms with Crippen molar-refractivity contribution >= 4 is 16.7 Å². The third-order valence-electron chi connectivity index (χ3n) is 2.75. The SMILES string of the molecule is COc1ccc(Oc2nnc3ccccc3n2)cc1N. The minimum Gasteiger partial charge on any atom is -0.495 e. The summed E-state index contributed by atoms with van der Waals surface area (Å²) in [6, 6.07) is 12.7. The lowest BCUT2D eigenvalue weighted by atomic mass is 10.3. The predicted octanol–water partition coefficient (Wildman–Crippen LogP) is 2.41. The van der Waals surface area contributed by atoms with Crippen LogP contribution >= 0.6 is 0 Å². The molecular formula is C14H12N4O2. The van der Waals surface area contributed by atoms with Gasteiger partial charge in [0.05, 0.1) is 18.3 Å². The van der Waals surface area contributed by atoms with E-state index < -0.39 is 0 Å². The van der Waals surface area contributed by atoms with Crippen LogP contribution < -0.4 is 15.2 Å². The number of hydrogen-bond donors (Lipinski definition) is 1. The number of nitrogen functional groups attached to an aromatic ring is 1. The molecule has 0 unspecified atom stereocenters.